The van der Waals surface area contributed by atoms with Gasteiger partial charge in [-0.05, 0) is 37.1 Å². The zero-order chi connectivity index (χ0) is 23.3. The molecule has 1 aromatic carbocycles. The lowest BCUT2D eigenvalue weighted by atomic mass is 10.1. The van der Waals surface area contributed by atoms with Gasteiger partial charge in [-0.1, -0.05) is 6.92 Å². The van der Waals surface area contributed by atoms with E-state index in [1.54, 1.807) is 29.0 Å². The third-order valence-electron chi connectivity index (χ3n) is 5.08. The maximum absolute atomic E-state index is 12.6. The predicted molar refractivity (Wildman–Crippen MR) is 120 cm³/mol. The SMILES string of the molecule is CCC1CC(=O)NC(n2nc(C)cc2NC(=O)/C=C/c2cc(OC)c(OC)c(OC)c2)N1. The molecule has 0 bridgehead atoms. The van der Waals surface area contributed by atoms with Gasteiger partial charge in [-0.2, -0.15) is 5.10 Å². The summed E-state index contributed by atoms with van der Waals surface area (Å²) in [5.41, 5.74) is 1.41. The smallest absolute Gasteiger partial charge is 0.249 e. The standard InChI is InChI=1S/C22H29N5O5/c1-6-15-12-20(29)25-22(23-15)27-18(9-13(2)26-27)24-19(28)8-7-14-10-16(30-3)21(32-5)17(11-14)31-4/h7-11,15,22-23H,6,12H2,1-5H3,(H,24,28)(H,25,29)/b8-7+. The number of carbonyl (C=O) groups is 2. The number of carbonyl (C=O) groups excluding carboxylic acids is 2. The van der Waals surface area contributed by atoms with Crippen molar-refractivity contribution < 1.29 is 23.8 Å². The van der Waals surface area contributed by atoms with E-state index in [4.69, 9.17) is 14.2 Å². The topological polar surface area (TPSA) is 116 Å². The molecule has 172 valence electrons. The first kappa shape index (κ1) is 23.1. The van der Waals surface area contributed by atoms with Crippen LogP contribution in [0, 0.1) is 6.92 Å². The molecular weight excluding hydrogens is 414 g/mol. The molecule has 1 fully saturated rings. The summed E-state index contributed by atoms with van der Waals surface area (Å²) < 4.78 is 17.6. The first-order valence-corrected chi connectivity index (χ1v) is 10.3. The lowest BCUT2D eigenvalue weighted by molar-refractivity contribution is -0.125. The van der Waals surface area contributed by atoms with Crippen LogP contribution in [0.1, 0.15) is 37.3 Å². The minimum absolute atomic E-state index is 0.0433. The Balaban J connectivity index is 1.77. The predicted octanol–water partition coefficient (Wildman–Crippen LogP) is 2.21. The molecular formula is C22H29N5O5. The van der Waals surface area contributed by atoms with E-state index in [9.17, 15) is 9.59 Å². The first-order chi connectivity index (χ1) is 15.4. The third-order valence-corrected chi connectivity index (χ3v) is 5.08. The number of amides is 2. The summed E-state index contributed by atoms with van der Waals surface area (Å²) in [4.78, 5) is 24.7. The Hall–Kier alpha value is -3.53. The van der Waals surface area contributed by atoms with E-state index in [-0.39, 0.29) is 17.9 Å². The first-order valence-electron chi connectivity index (χ1n) is 10.3. The summed E-state index contributed by atoms with van der Waals surface area (Å²) in [6.07, 6.45) is 3.72. The molecule has 0 radical (unpaired) electrons. The Kier molecular flexibility index (Phi) is 7.37. The van der Waals surface area contributed by atoms with Crippen LogP contribution in [0.3, 0.4) is 0 Å². The fraction of sp³-hybridized carbons (Fsp3) is 0.409. The lowest BCUT2D eigenvalue weighted by Gasteiger charge is -2.31. The van der Waals surface area contributed by atoms with Crippen LogP contribution >= 0.6 is 0 Å². The quantitative estimate of drug-likeness (QED) is 0.536. The van der Waals surface area contributed by atoms with Gasteiger partial charge >= 0.3 is 0 Å². The number of ether oxygens (including phenoxy) is 3. The molecule has 32 heavy (non-hydrogen) atoms. The molecule has 0 spiro atoms. The number of anilines is 1. The molecule has 2 unspecified atom stereocenters. The second-order valence-corrected chi connectivity index (χ2v) is 7.34. The molecule has 2 amide bonds. The van der Waals surface area contributed by atoms with Gasteiger partial charge in [0.2, 0.25) is 17.6 Å². The fourth-order valence-electron chi connectivity index (χ4n) is 3.50. The molecule has 3 rings (SSSR count). The van der Waals surface area contributed by atoms with Crippen LogP contribution in [0.4, 0.5) is 5.82 Å². The van der Waals surface area contributed by atoms with Gasteiger partial charge in [-0.3, -0.25) is 14.9 Å². The van der Waals surface area contributed by atoms with Crippen LogP contribution in [0.5, 0.6) is 17.2 Å². The number of aryl methyl sites for hydroxylation is 1. The average Bonchev–Trinajstić information content (AvgIpc) is 3.16. The van der Waals surface area contributed by atoms with Crippen molar-refractivity contribution >= 4 is 23.7 Å². The lowest BCUT2D eigenvalue weighted by Crippen LogP contribution is -2.53. The molecule has 3 N–H and O–H groups in total. The second-order valence-electron chi connectivity index (χ2n) is 7.34. The van der Waals surface area contributed by atoms with Crippen molar-refractivity contribution in [1.29, 1.82) is 0 Å². The highest BCUT2D eigenvalue weighted by atomic mass is 16.5. The number of hydrogen-bond acceptors (Lipinski definition) is 7. The monoisotopic (exact) mass is 443 g/mol. The van der Waals surface area contributed by atoms with Gasteiger partial charge in [0.15, 0.2) is 17.8 Å². The number of nitrogens with one attached hydrogen (secondary N) is 3. The van der Waals surface area contributed by atoms with Gasteiger partial charge in [0, 0.05) is 24.6 Å². The van der Waals surface area contributed by atoms with Gasteiger partial charge in [0.25, 0.3) is 0 Å². The number of hydrogen-bond donors (Lipinski definition) is 3. The summed E-state index contributed by atoms with van der Waals surface area (Å²) in [5, 5.41) is 13.4. The van der Waals surface area contributed by atoms with Crippen LogP contribution in [0.25, 0.3) is 6.08 Å². The molecule has 2 aromatic rings. The van der Waals surface area contributed by atoms with Crippen molar-refractivity contribution in [2.24, 2.45) is 0 Å². The molecule has 1 saturated heterocycles. The zero-order valence-corrected chi connectivity index (χ0v) is 18.9. The van der Waals surface area contributed by atoms with Crippen molar-refractivity contribution in [2.45, 2.75) is 39.0 Å². The Bertz CT molecular complexity index is 991. The highest BCUT2D eigenvalue weighted by molar-refractivity contribution is 6.01. The minimum Gasteiger partial charge on any atom is -0.493 e. The molecule has 1 aromatic heterocycles. The van der Waals surface area contributed by atoms with E-state index in [2.05, 4.69) is 21.0 Å². The third kappa shape index (κ3) is 5.20. The van der Waals surface area contributed by atoms with Gasteiger partial charge in [-0.25, -0.2) is 4.68 Å². The molecule has 1 aliphatic rings. The minimum atomic E-state index is -0.538. The summed E-state index contributed by atoms with van der Waals surface area (Å²) in [6.45, 7) is 3.83. The summed E-state index contributed by atoms with van der Waals surface area (Å²) in [7, 11) is 4.59. The van der Waals surface area contributed by atoms with Gasteiger partial charge in [-0.15, -0.1) is 0 Å². The Morgan fingerprint density at radius 3 is 2.50 bits per heavy atom. The van der Waals surface area contributed by atoms with Gasteiger partial charge in [0.1, 0.15) is 5.82 Å². The van der Waals surface area contributed by atoms with Crippen molar-refractivity contribution in [1.82, 2.24) is 20.4 Å². The van der Waals surface area contributed by atoms with Crippen molar-refractivity contribution in [3.63, 3.8) is 0 Å². The van der Waals surface area contributed by atoms with E-state index in [1.807, 2.05) is 13.8 Å². The molecule has 0 saturated carbocycles. The number of rotatable bonds is 8. The van der Waals surface area contributed by atoms with E-state index in [0.717, 1.165) is 6.42 Å². The molecule has 2 heterocycles. The van der Waals surface area contributed by atoms with Crippen LogP contribution in [0.2, 0.25) is 0 Å². The van der Waals surface area contributed by atoms with Crippen LogP contribution in [-0.2, 0) is 9.59 Å². The van der Waals surface area contributed by atoms with E-state index >= 15 is 0 Å². The largest absolute Gasteiger partial charge is 0.493 e. The van der Waals surface area contributed by atoms with E-state index < -0.39 is 6.29 Å². The molecule has 1 aliphatic heterocycles. The highest BCUT2D eigenvalue weighted by Gasteiger charge is 2.28. The summed E-state index contributed by atoms with van der Waals surface area (Å²) in [6, 6.07) is 5.27. The molecule has 0 aliphatic carbocycles. The van der Waals surface area contributed by atoms with Crippen molar-refractivity contribution in [3.8, 4) is 17.2 Å². The van der Waals surface area contributed by atoms with E-state index in [1.165, 1.54) is 27.4 Å². The average molecular weight is 444 g/mol. The number of nitrogens with zero attached hydrogens (tertiary/aromatic N) is 2. The number of methoxy groups -OCH3 is 3. The Morgan fingerprint density at radius 1 is 1.22 bits per heavy atom. The maximum atomic E-state index is 12.6. The number of benzene rings is 1. The normalized spacial score (nSPS) is 18.3. The maximum Gasteiger partial charge on any atom is 0.249 e. The van der Waals surface area contributed by atoms with Crippen LogP contribution in [0.15, 0.2) is 24.3 Å². The Morgan fingerprint density at radius 2 is 1.91 bits per heavy atom. The van der Waals surface area contributed by atoms with Gasteiger partial charge < -0.3 is 24.8 Å². The summed E-state index contributed by atoms with van der Waals surface area (Å²) in [5.74, 6) is 1.51. The molecule has 10 nitrogen and oxygen atoms in total. The zero-order valence-electron chi connectivity index (χ0n) is 18.9. The fourth-order valence-corrected chi connectivity index (χ4v) is 3.50. The molecule has 2 atom stereocenters. The van der Waals surface area contributed by atoms with Crippen molar-refractivity contribution in [3.05, 3.63) is 35.5 Å². The Labute approximate surface area is 186 Å². The van der Waals surface area contributed by atoms with Crippen LogP contribution in [-0.4, -0.2) is 49.0 Å². The van der Waals surface area contributed by atoms with Crippen molar-refractivity contribution in [2.75, 3.05) is 26.6 Å². The van der Waals surface area contributed by atoms with Gasteiger partial charge in [0.05, 0.1) is 27.0 Å². The number of aromatic nitrogens is 2. The van der Waals surface area contributed by atoms with Crippen LogP contribution < -0.4 is 30.2 Å². The van der Waals surface area contributed by atoms with E-state index in [0.29, 0.717) is 40.7 Å². The summed E-state index contributed by atoms with van der Waals surface area (Å²) >= 11 is 0. The highest BCUT2D eigenvalue weighted by Crippen LogP contribution is 2.38. The molecule has 10 heteroatoms. The second kappa shape index (κ2) is 10.2.